The fourth-order valence-electron chi connectivity index (χ4n) is 6.98. The second-order valence-electron chi connectivity index (χ2n) is 15.6. The standard InChI is InChI=1S/C45H60N8O8/c1-5-33(47)44(59)53(4)38(24-28-13-7-6-8-14-28)42(57)52-39(27(2)3)43(58)49-35(17-11-12-22-46)40(55)50-36(25-30-26-48-34-16-10-9-15-32(30)34)41(56)51-37(45(60)61)23-29-18-20-31(54)21-19-29/h6-10,13-16,18-21,26-27,33,35-39,48,54H,5,11-12,17,22-25,46-47H2,1-4H3,(H,49,58)(H,50,55)(H,51,56)(H,52,57)(H,60,61)/t33-,35+,36-,37-,38-,39-/m1/s1. The first kappa shape index (κ1) is 47.4. The maximum absolute atomic E-state index is 14.3. The van der Waals surface area contributed by atoms with Crippen LogP contribution in [0.1, 0.15) is 63.1 Å². The number of unbranched alkanes of at least 4 members (excludes halogenated alkanes) is 1. The number of amides is 5. The van der Waals surface area contributed by atoms with Gasteiger partial charge in [-0.05, 0) is 73.0 Å². The van der Waals surface area contributed by atoms with Gasteiger partial charge in [-0.3, -0.25) is 24.0 Å². The van der Waals surface area contributed by atoms with Crippen molar-refractivity contribution in [3.63, 3.8) is 0 Å². The van der Waals surface area contributed by atoms with Crippen molar-refractivity contribution in [3.05, 3.63) is 102 Å². The maximum Gasteiger partial charge on any atom is 0.326 e. The lowest BCUT2D eigenvalue weighted by Crippen LogP contribution is -2.60. The number of carbonyl (C=O) groups is 6. The monoisotopic (exact) mass is 840 g/mol. The van der Waals surface area contributed by atoms with E-state index in [1.807, 2.05) is 54.6 Å². The summed E-state index contributed by atoms with van der Waals surface area (Å²) >= 11 is 0. The molecule has 3 aromatic carbocycles. The Labute approximate surface area is 356 Å². The lowest BCUT2D eigenvalue weighted by Gasteiger charge is -2.32. The summed E-state index contributed by atoms with van der Waals surface area (Å²) in [5.74, 6) is -4.91. The highest BCUT2D eigenvalue weighted by molar-refractivity contribution is 5.97. The quantitative estimate of drug-likeness (QED) is 0.0492. The van der Waals surface area contributed by atoms with Crippen LogP contribution in [0, 0.1) is 5.92 Å². The zero-order valence-electron chi connectivity index (χ0n) is 35.2. The van der Waals surface area contributed by atoms with Gasteiger partial charge in [0.1, 0.15) is 36.0 Å². The third kappa shape index (κ3) is 13.6. The maximum atomic E-state index is 14.3. The van der Waals surface area contributed by atoms with Crippen molar-refractivity contribution in [2.24, 2.45) is 17.4 Å². The van der Waals surface area contributed by atoms with Crippen LogP contribution in [0.2, 0.25) is 0 Å². The molecule has 0 aliphatic rings. The molecule has 4 aromatic rings. The number of nitrogens with two attached hydrogens (primary N) is 2. The number of nitrogens with zero attached hydrogens (tertiary/aromatic N) is 1. The summed E-state index contributed by atoms with van der Waals surface area (Å²) in [5, 5.41) is 31.6. The number of carboxylic acid groups (broad SMARTS) is 1. The molecule has 16 heteroatoms. The van der Waals surface area contributed by atoms with Gasteiger partial charge in [0.15, 0.2) is 0 Å². The lowest BCUT2D eigenvalue weighted by molar-refractivity contribution is -0.142. The smallest absolute Gasteiger partial charge is 0.326 e. The Bertz CT molecular complexity index is 2090. The highest BCUT2D eigenvalue weighted by Gasteiger charge is 2.36. The fraction of sp³-hybridized carbons (Fsp3) is 0.422. The second kappa shape index (κ2) is 22.9. The van der Waals surface area contributed by atoms with Gasteiger partial charge in [0.05, 0.1) is 6.04 Å². The molecule has 0 aliphatic heterocycles. The Morgan fingerprint density at radius 3 is 1.97 bits per heavy atom. The highest BCUT2D eigenvalue weighted by atomic mass is 16.4. The van der Waals surface area contributed by atoms with Crippen LogP contribution in [0.4, 0.5) is 0 Å². The molecule has 0 saturated heterocycles. The predicted molar refractivity (Wildman–Crippen MR) is 232 cm³/mol. The van der Waals surface area contributed by atoms with Crippen LogP contribution in [-0.4, -0.2) is 105 Å². The number of phenolic OH excluding ortho intramolecular Hbond substituents is 1. The van der Waals surface area contributed by atoms with E-state index in [2.05, 4.69) is 26.3 Å². The highest BCUT2D eigenvalue weighted by Crippen LogP contribution is 2.20. The molecular weight excluding hydrogens is 781 g/mol. The summed E-state index contributed by atoms with van der Waals surface area (Å²) in [6.45, 7) is 5.57. The first-order chi connectivity index (χ1) is 29.1. The average molecular weight is 841 g/mol. The minimum atomic E-state index is -1.38. The molecule has 0 bridgehead atoms. The molecular formula is C45H60N8O8. The number of nitrogens with one attached hydrogen (secondary N) is 5. The van der Waals surface area contributed by atoms with E-state index in [1.54, 1.807) is 39.1 Å². The first-order valence-electron chi connectivity index (χ1n) is 20.7. The van der Waals surface area contributed by atoms with E-state index in [0.717, 1.165) is 16.5 Å². The molecule has 1 heterocycles. The number of benzene rings is 3. The fourth-order valence-corrected chi connectivity index (χ4v) is 6.98. The molecule has 0 radical (unpaired) electrons. The Morgan fingerprint density at radius 1 is 0.721 bits per heavy atom. The molecule has 6 atom stereocenters. The Morgan fingerprint density at radius 2 is 1.33 bits per heavy atom. The van der Waals surface area contributed by atoms with E-state index in [9.17, 15) is 39.0 Å². The van der Waals surface area contributed by atoms with Crippen LogP contribution >= 0.6 is 0 Å². The van der Waals surface area contributed by atoms with E-state index < -0.39 is 77.7 Å². The minimum Gasteiger partial charge on any atom is -0.508 e. The zero-order valence-corrected chi connectivity index (χ0v) is 35.2. The number of aromatic hydroxyl groups is 1. The van der Waals surface area contributed by atoms with Gasteiger partial charge in [0.2, 0.25) is 29.5 Å². The molecule has 0 saturated carbocycles. The second-order valence-corrected chi connectivity index (χ2v) is 15.6. The molecule has 61 heavy (non-hydrogen) atoms. The number of rotatable bonds is 23. The SMILES string of the molecule is CC[C@@H](N)C(=O)N(C)[C@H](Cc1ccccc1)C(=O)N[C@@H](C(=O)N[C@@H](CCCCN)C(=O)N[C@H](Cc1c[nH]c2ccccc12)C(=O)N[C@H](Cc1ccc(O)cc1)C(=O)O)C(C)C. The largest absolute Gasteiger partial charge is 0.508 e. The molecule has 1 aromatic heterocycles. The van der Waals surface area contributed by atoms with Crippen LogP contribution in [0.5, 0.6) is 5.75 Å². The van der Waals surface area contributed by atoms with Crippen molar-refractivity contribution >= 4 is 46.4 Å². The van der Waals surface area contributed by atoms with Crippen LogP contribution in [0.3, 0.4) is 0 Å². The summed E-state index contributed by atoms with van der Waals surface area (Å²) in [4.78, 5) is 86.6. The molecule has 0 spiro atoms. The number of aromatic nitrogens is 1. The molecule has 0 fully saturated rings. The number of phenols is 1. The van der Waals surface area contributed by atoms with Crippen molar-refractivity contribution in [1.82, 2.24) is 31.2 Å². The van der Waals surface area contributed by atoms with E-state index >= 15 is 0 Å². The molecule has 328 valence electrons. The Hall–Kier alpha value is -6.26. The number of para-hydroxylation sites is 1. The molecule has 0 aliphatic carbocycles. The predicted octanol–water partition coefficient (Wildman–Crippen LogP) is 2.27. The molecule has 0 unspecified atom stereocenters. The average Bonchev–Trinajstić information content (AvgIpc) is 3.66. The van der Waals surface area contributed by atoms with Crippen LogP contribution in [0.25, 0.3) is 10.9 Å². The first-order valence-corrected chi connectivity index (χ1v) is 20.7. The Balaban J connectivity index is 1.60. The van der Waals surface area contributed by atoms with Crippen LogP contribution < -0.4 is 32.7 Å². The minimum absolute atomic E-state index is 0.000302. The topological polar surface area (TPSA) is 262 Å². The molecule has 16 nitrogen and oxygen atoms in total. The van der Waals surface area contributed by atoms with Crippen molar-refractivity contribution in [3.8, 4) is 5.75 Å². The van der Waals surface area contributed by atoms with Gasteiger partial charge < -0.3 is 52.8 Å². The van der Waals surface area contributed by atoms with E-state index in [-0.39, 0.29) is 31.4 Å². The molecule has 11 N–H and O–H groups in total. The van der Waals surface area contributed by atoms with E-state index in [4.69, 9.17) is 11.5 Å². The number of carboxylic acids is 1. The molecule has 5 amide bonds. The number of aliphatic carboxylic acids is 1. The van der Waals surface area contributed by atoms with E-state index in [0.29, 0.717) is 36.9 Å². The number of fused-ring (bicyclic) bond motifs is 1. The number of H-pyrrole nitrogens is 1. The van der Waals surface area contributed by atoms with Crippen LogP contribution in [0.15, 0.2) is 85.1 Å². The molecule has 4 rings (SSSR count). The zero-order chi connectivity index (χ0) is 44.6. The number of likely N-dealkylation sites (N-methyl/N-ethyl adjacent to an activating group) is 1. The summed E-state index contributed by atoms with van der Waals surface area (Å²) < 4.78 is 0. The van der Waals surface area contributed by atoms with Gasteiger partial charge in [0.25, 0.3) is 0 Å². The summed E-state index contributed by atoms with van der Waals surface area (Å²) in [5.41, 5.74) is 14.7. The number of aromatic amines is 1. The van der Waals surface area contributed by atoms with Crippen LogP contribution in [-0.2, 0) is 48.0 Å². The van der Waals surface area contributed by atoms with Crippen molar-refractivity contribution in [1.29, 1.82) is 0 Å². The summed E-state index contributed by atoms with van der Waals surface area (Å²) in [6.07, 6.45) is 3.19. The number of hydrogen-bond donors (Lipinski definition) is 9. The van der Waals surface area contributed by atoms with Crippen molar-refractivity contribution in [2.45, 2.75) is 102 Å². The third-order valence-electron chi connectivity index (χ3n) is 10.7. The van der Waals surface area contributed by atoms with Crippen molar-refractivity contribution in [2.75, 3.05) is 13.6 Å². The van der Waals surface area contributed by atoms with Gasteiger partial charge in [-0.15, -0.1) is 0 Å². The third-order valence-corrected chi connectivity index (χ3v) is 10.7. The lowest BCUT2D eigenvalue weighted by atomic mass is 9.99. The summed E-state index contributed by atoms with van der Waals surface area (Å²) in [7, 11) is 1.50. The van der Waals surface area contributed by atoms with E-state index in [1.165, 1.54) is 24.1 Å². The van der Waals surface area contributed by atoms with Crippen molar-refractivity contribution < 1.29 is 39.0 Å². The number of carbonyl (C=O) groups excluding carboxylic acids is 5. The Kier molecular flexibility index (Phi) is 17.8. The normalized spacial score (nSPS) is 14.2. The summed E-state index contributed by atoms with van der Waals surface area (Å²) in [6, 6.07) is 15.6. The van der Waals surface area contributed by atoms with Gasteiger partial charge in [-0.1, -0.05) is 81.4 Å². The van der Waals surface area contributed by atoms with Gasteiger partial charge in [0, 0.05) is 43.4 Å². The van der Waals surface area contributed by atoms with Gasteiger partial charge in [-0.2, -0.15) is 0 Å². The van der Waals surface area contributed by atoms with Gasteiger partial charge in [-0.25, -0.2) is 4.79 Å². The van der Waals surface area contributed by atoms with Gasteiger partial charge >= 0.3 is 5.97 Å². The number of hydrogen-bond acceptors (Lipinski definition) is 9.